The van der Waals surface area contributed by atoms with Gasteiger partial charge in [0, 0.05) is 25.0 Å². The fraction of sp³-hybridized carbons (Fsp3) is 0.929. The Morgan fingerprint density at radius 1 is 1.24 bits per heavy atom. The Morgan fingerprint density at radius 3 is 2.53 bits per heavy atom. The Labute approximate surface area is 105 Å². The highest BCUT2D eigenvalue weighted by molar-refractivity contribution is 5.79. The molecule has 2 rings (SSSR count). The lowest BCUT2D eigenvalue weighted by atomic mass is 9.78. The van der Waals surface area contributed by atoms with Crippen LogP contribution in [0, 0.1) is 23.7 Å². The Morgan fingerprint density at radius 2 is 1.94 bits per heavy atom. The molecule has 2 fully saturated rings. The van der Waals surface area contributed by atoms with Crippen molar-refractivity contribution in [3.63, 3.8) is 0 Å². The number of likely N-dealkylation sites (tertiary alicyclic amines) is 1. The van der Waals surface area contributed by atoms with E-state index in [0.29, 0.717) is 29.7 Å². The van der Waals surface area contributed by atoms with Crippen LogP contribution in [0.1, 0.15) is 40.0 Å². The van der Waals surface area contributed by atoms with Crippen LogP contribution in [-0.2, 0) is 4.79 Å². The highest BCUT2D eigenvalue weighted by Gasteiger charge is 2.41. The van der Waals surface area contributed by atoms with E-state index in [0.717, 1.165) is 19.5 Å². The molecule has 1 amide bonds. The van der Waals surface area contributed by atoms with Crippen LogP contribution < -0.4 is 5.73 Å². The molecular formula is C14H26N2O. The molecule has 4 atom stereocenters. The van der Waals surface area contributed by atoms with Crippen molar-refractivity contribution in [2.24, 2.45) is 29.4 Å². The maximum absolute atomic E-state index is 12.3. The Hall–Kier alpha value is -0.570. The molecule has 2 N–H and O–H groups in total. The van der Waals surface area contributed by atoms with Gasteiger partial charge < -0.3 is 10.6 Å². The third-order valence-electron chi connectivity index (χ3n) is 4.86. The van der Waals surface area contributed by atoms with Gasteiger partial charge >= 0.3 is 0 Å². The topological polar surface area (TPSA) is 46.3 Å². The summed E-state index contributed by atoms with van der Waals surface area (Å²) in [5.74, 6) is 2.14. The molecular weight excluding hydrogens is 212 g/mol. The van der Waals surface area contributed by atoms with Gasteiger partial charge in [0.15, 0.2) is 0 Å². The third kappa shape index (κ3) is 2.49. The summed E-state index contributed by atoms with van der Waals surface area (Å²) in [7, 11) is 0. The van der Waals surface area contributed by atoms with Crippen molar-refractivity contribution in [3.8, 4) is 0 Å². The van der Waals surface area contributed by atoms with Crippen molar-refractivity contribution in [1.82, 2.24) is 4.90 Å². The standard InChI is InChI=1S/C14H26N2O/c1-9(2)10(3)14(17)16-7-11-5-4-6-13(15)12(11)8-16/h9-13H,4-8,15H2,1-3H3. The second-order valence-corrected chi connectivity index (χ2v) is 6.29. The molecule has 17 heavy (non-hydrogen) atoms. The Kier molecular flexibility index (Phi) is 3.76. The highest BCUT2D eigenvalue weighted by atomic mass is 16.2. The number of carbonyl (C=O) groups excluding carboxylic acids is 1. The van der Waals surface area contributed by atoms with Crippen LogP contribution in [0.25, 0.3) is 0 Å². The fourth-order valence-corrected chi connectivity index (χ4v) is 3.27. The summed E-state index contributed by atoms with van der Waals surface area (Å²) in [5.41, 5.74) is 6.18. The average Bonchev–Trinajstić information content (AvgIpc) is 2.72. The van der Waals surface area contributed by atoms with Crippen LogP contribution in [0.2, 0.25) is 0 Å². The monoisotopic (exact) mass is 238 g/mol. The van der Waals surface area contributed by atoms with Crippen molar-refractivity contribution in [1.29, 1.82) is 0 Å². The summed E-state index contributed by atoms with van der Waals surface area (Å²) in [6.45, 7) is 8.15. The van der Waals surface area contributed by atoms with Crippen molar-refractivity contribution in [3.05, 3.63) is 0 Å². The normalized spacial score (nSPS) is 34.9. The summed E-state index contributed by atoms with van der Waals surface area (Å²) in [4.78, 5) is 14.4. The maximum atomic E-state index is 12.3. The predicted octanol–water partition coefficient (Wildman–Crippen LogP) is 1.86. The summed E-state index contributed by atoms with van der Waals surface area (Å²) in [5, 5.41) is 0. The van der Waals surface area contributed by atoms with Gasteiger partial charge in [-0.25, -0.2) is 0 Å². The first-order valence-corrected chi connectivity index (χ1v) is 7.05. The van der Waals surface area contributed by atoms with Crippen LogP contribution >= 0.6 is 0 Å². The zero-order valence-corrected chi connectivity index (χ0v) is 11.4. The smallest absolute Gasteiger partial charge is 0.225 e. The molecule has 0 spiro atoms. The van der Waals surface area contributed by atoms with E-state index in [1.54, 1.807) is 0 Å². The molecule has 0 radical (unpaired) electrons. The number of nitrogens with two attached hydrogens (primary N) is 1. The number of nitrogens with zero attached hydrogens (tertiary/aromatic N) is 1. The Balaban J connectivity index is 1.99. The molecule has 0 aromatic carbocycles. The molecule has 3 heteroatoms. The minimum Gasteiger partial charge on any atom is -0.342 e. The first kappa shape index (κ1) is 12.9. The minimum absolute atomic E-state index is 0.145. The summed E-state index contributed by atoms with van der Waals surface area (Å²) in [6.07, 6.45) is 3.64. The van der Waals surface area contributed by atoms with Crippen LogP contribution in [-0.4, -0.2) is 29.9 Å². The van der Waals surface area contributed by atoms with Gasteiger partial charge in [-0.3, -0.25) is 4.79 Å². The molecule has 1 aliphatic heterocycles. The maximum Gasteiger partial charge on any atom is 0.225 e. The zero-order chi connectivity index (χ0) is 12.6. The molecule has 1 aliphatic carbocycles. The quantitative estimate of drug-likeness (QED) is 0.798. The van der Waals surface area contributed by atoms with Crippen LogP contribution in [0.3, 0.4) is 0 Å². The lowest BCUT2D eigenvalue weighted by Gasteiger charge is -2.29. The number of hydrogen-bond acceptors (Lipinski definition) is 2. The van der Waals surface area contributed by atoms with Gasteiger partial charge in [-0.15, -0.1) is 0 Å². The summed E-state index contributed by atoms with van der Waals surface area (Å²) < 4.78 is 0. The largest absolute Gasteiger partial charge is 0.342 e. The van der Waals surface area contributed by atoms with Crippen molar-refractivity contribution in [2.45, 2.75) is 46.1 Å². The number of hydrogen-bond donors (Lipinski definition) is 1. The fourth-order valence-electron chi connectivity index (χ4n) is 3.27. The van der Waals surface area contributed by atoms with Gasteiger partial charge in [0.25, 0.3) is 0 Å². The minimum atomic E-state index is 0.145. The number of amides is 1. The van der Waals surface area contributed by atoms with E-state index in [1.165, 1.54) is 12.8 Å². The lowest BCUT2D eigenvalue weighted by molar-refractivity contribution is -0.135. The molecule has 98 valence electrons. The molecule has 0 aromatic heterocycles. The average molecular weight is 238 g/mol. The summed E-state index contributed by atoms with van der Waals surface area (Å²) >= 11 is 0. The van der Waals surface area contributed by atoms with Crippen molar-refractivity contribution < 1.29 is 4.79 Å². The van der Waals surface area contributed by atoms with Gasteiger partial charge in [-0.2, -0.15) is 0 Å². The molecule has 3 nitrogen and oxygen atoms in total. The molecule has 1 saturated carbocycles. The second-order valence-electron chi connectivity index (χ2n) is 6.29. The number of carbonyl (C=O) groups is 1. The van der Waals surface area contributed by atoms with E-state index in [2.05, 4.69) is 25.7 Å². The zero-order valence-electron chi connectivity index (χ0n) is 11.4. The van der Waals surface area contributed by atoms with E-state index >= 15 is 0 Å². The van der Waals surface area contributed by atoms with Crippen molar-refractivity contribution in [2.75, 3.05) is 13.1 Å². The second kappa shape index (κ2) is 4.97. The molecule has 1 heterocycles. The molecule has 4 unspecified atom stereocenters. The third-order valence-corrected chi connectivity index (χ3v) is 4.86. The number of fused-ring (bicyclic) bond motifs is 1. The van der Waals surface area contributed by atoms with Crippen LogP contribution in [0.4, 0.5) is 0 Å². The van der Waals surface area contributed by atoms with E-state index in [4.69, 9.17) is 5.73 Å². The molecule has 0 bridgehead atoms. The van der Waals surface area contributed by atoms with Crippen molar-refractivity contribution >= 4 is 5.91 Å². The lowest BCUT2D eigenvalue weighted by Crippen LogP contribution is -2.39. The first-order valence-electron chi connectivity index (χ1n) is 7.05. The predicted molar refractivity (Wildman–Crippen MR) is 69.4 cm³/mol. The van der Waals surface area contributed by atoms with Gasteiger partial charge in [-0.05, 0) is 30.6 Å². The molecule has 1 saturated heterocycles. The van der Waals surface area contributed by atoms with E-state index in [-0.39, 0.29) is 5.92 Å². The van der Waals surface area contributed by atoms with E-state index in [1.807, 2.05) is 0 Å². The van der Waals surface area contributed by atoms with Gasteiger partial charge in [0.2, 0.25) is 5.91 Å². The van der Waals surface area contributed by atoms with Crippen LogP contribution in [0.5, 0.6) is 0 Å². The van der Waals surface area contributed by atoms with Crippen LogP contribution in [0.15, 0.2) is 0 Å². The Bertz CT molecular complexity index is 290. The molecule has 0 aromatic rings. The van der Waals surface area contributed by atoms with Gasteiger partial charge in [0.05, 0.1) is 0 Å². The molecule has 2 aliphatic rings. The van der Waals surface area contributed by atoms with E-state index < -0.39 is 0 Å². The van der Waals surface area contributed by atoms with E-state index in [9.17, 15) is 4.79 Å². The number of rotatable bonds is 2. The summed E-state index contributed by atoms with van der Waals surface area (Å²) in [6, 6.07) is 0.320. The highest BCUT2D eigenvalue weighted by Crippen LogP contribution is 2.36. The van der Waals surface area contributed by atoms with Gasteiger partial charge in [-0.1, -0.05) is 27.2 Å². The SMILES string of the molecule is CC(C)C(C)C(=O)N1CC2CCCC(N)C2C1. The van der Waals surface area contributed by atoms with Gasteiger partial charge in [0.1, 0.15) is 0 Å². The first-order chi connectivity index (χ1) is 8.00.